The van der Waals surface area contributed by atoms with Crippen LogP contribution in [0.1, 0.15) is 29.4 Å². The van der Waals surface area contributed by atoms with Crippen molar-refractivity contribution in [3.8, 4) is 11.5 Å². The molecule has 0 aliphatic heterocycles. The van der Waals surface area contributed by atoms with Gasteiger partial charge in [-0.2, -0.15) is 0 Å². The van der Waals surface area contributed by atoms with Crippen molar-refractivity contribution in [2.24, 2.45) is 0 Å². The molecule has 0 bridgehead atoms. The largest absolute Gasteiger partial charge is 0.448 e. The fourth-order valence-corrected chi connectivity index (χ4v) is 2.55. The van der Waals surface area contributed by atoms with E-state index < -0.39 is 12.1 Å². The van der Waals surface area contributed by atoms with E-state index in [9.17, 15) is 4.79 Å². The number of carbonyl (C=O) groups excluding carboxylic acids is 1. The summed E-state index contributed by atoms with van der Waals surface area (Å²) >= 11 is 0. The quantitative estimate of drug-likeness (QED) is 0.516. The SMILES string of the molecule is C[C@@H](OC(=O)c1ccc2ccccc2n1)c1nnc(-c2ccccc2)o1. The Morgan fingerprint density at radius 1 is 0.962 bits per heavy atom. The first kappa shape index (κ1) is 16.0. The molecular formula is C20H15N3O3. The highest BCUT2D eigenvalue weighted by Gasteiger charge is 2.20. The smallest absolute Gasteiger partial charge is 0.357 e. The number of nitrogens with zero attached hydrogens (tertiary/aromatic N) is 3. The zero-order valence-corrected chi connectivity index (χ0v) is 14.0. The van der Waals surface area contributed by atoms with Crippen LogP contribution in [0.15, 0.2) is 71.1 Å². The molecule has 6 heteroatoms. The molecule has 0 radical (unpaired) electrons. The number of rotatable bonds is 4. The van der Waals surface area contributed by atoms with Crippen molar-refractivity contribution in [2.75, 3.05) is 0 Å². The van der Waals surface area contributed by atoms with E-state index in [-0.39, 0.29) is 11.6 Å². The Morgan fingerprint density at radius 2 is 1.73 bits per heavy atom. The zero-order valence-electron chi connectivity index (χ0n) is 14.0. The van der Waals surface area contributed by atoms with E-state index in [0.29, 0.717) is 5.89 Å². The maximum absolute atomic E-state index is 12.4. The lowest BCUT2D eigenvalue weighted by Crippen LogP contribution is -2.11. The van der Waals surface area contributed by atoms with Crippen LogP contribution in [0.3, 0.4) is 0 Å². The van der Waals surface area contributed by atoms with E-state index in [1.54, 1.807) is 13.0 Å². The van der Waals surface area contributed by atoms with Crippen LogP contribution in [0, 0.1) is 0 Å². The van der Waals surface area contributed by atoms with Crippen molar-refractivity contribution in [1.82, 2.24) is 15.2 Å². The number of ether oxygens (including phenoxy) is 1. The summed E-state index contributed by atoms with van der Waals surface area (Å²) < 4.78 is 11.0. The van der Waals surface area contributed by atoms with Gasteiger partial charge in [-0.15, -0.1) is 10.2 Å². The molecule has 0 N–H and O–H groups in total. The molecule has 0 saturated heterocycles. The third-order valence-corrected chi connectivity index (χ3v) is 3.90. The molecule has 0 amide bonds. The van der Waals surface area contributed by atoms with Crippen molar-refractivity contribution in [1.29, 1.82) is 0 Å². The number of benzene rings is 2. The molecule has 2 aromatic carbocycles. The number of pyridine rings is 1. The van der Waals surface area contributed by atoms with Gasteiger partial charge in [0.25, 0.3) is 5.89 Å². The normalized spacial score (nSPS) is 12.0. The monoisotopic (exact) mass is 345 g/mol. The summed E-state index contributed by atoms with van der Waals surface area (Å²) in [6.45, 7) is 1.68. The minimum Gasteiger partial charge on any atom is -0.448 e. The third-order valence-electron chi connectivity index (χ3n) is 3.90. The number of hydrogen-bond acceptors (Lipinski definition) is 6. The Kier molecular flexibility index (Phi) is 4.15. The first-order valence-electron chi connectivity index (χ1n) is 8.16. The predicted octanol–water partition coefficient (Wildman–Crippen LogP) is 4.20. The Morgan fingerprint density at radius 3 is 2.58 bits per heavy atom. The van der Waals surface area contributed by atoms with Crippen LogP contribution in [0.2, 0.25) is 0 Å². The lowest BCUT2D eigenvalue weighted by atomic mass is 10.2. The summed E-state index contributed by atoms with van der Waals surface area (Å²) in [5.74, 6) is 0.0769. The minimum atomic E-state index is -0.680. The second-order valence-electron chi connectivity index (χ2n) is 5.75. The molecule has 128 valence electrons. The van der Waals surface area contributed by atoms with Crippen molar-refractivity contribution in [3.05, 3.63) is 78.3 Å². The Balaban J connectivity index is 1.51. The maximum atomic E-state index is 12.4. The second kappa shape index (κ2) is 6.76. The van der Waals surface area contributed by atoms with Crippen LogP contribution in [-0.2, 0) is 4.74 Å². The molecule has 6 nitrogen and oxygen atoms in total. The van der Waals surface area contributed by atoms with E-state index in [4.69, 9.17) is 9.15 Å². The van der Waals surface area contributed by atoms with Crippen LogP contribution in [0.25, 0.3) is 22.4 Å². The fraction of sp³-hybridized carbons (Fsp3) is 0.100. The van der Waals surface area contributed by atoms with Crippen LogP contribution in [-0.4, -0.2) is 21.2 Å². The zero-order chi connectivity index (χ0) is 17.9. The molecule has 0 aliphatic rings. The highest BCUT2D eigenvalue weighted by Crippen LogP contribution is 2.23. The first-order chi connectivity index (χ1) is 12.7. The van der Waals surface area contributed by atoms with Crippen molar-refractivity contribution in [2.45, 2.75) is 13.0 Å². The van der Waals surface area contributed by atoms with Crippen LogP contribution >= 0.6 is 0 Å². The summed E-state index contributed by atoms with van der Waals surface area (Å²) in [5, 5.41) is 8.94. The molecule has 0 fully saturated rings. The van der Waals surface area contributed by atoms with E-state index >= 15 is 0 Å². The number of fused-ring (bicyclic) bond motifs is 1. The van der Waals surface area contributed by atoms with Gasteiger partial charge in [0.1, 0.15) is 5.69 Å². The lowest BCUT2D eigenvalue weighted by Gasteiger charge is -2.09. The second-order valence-corrected chi connectivity index (χ2v) is 5.75. The number of esters is 1. The fourth-order valence-electron chi connectivity index (χ4n) is 2.55. The van der Waals surface area contributed by atoms with Crippen LogP contribution in [0.4, 0.5) is 0 Å². The highest BCUT2D eigenvalue weighted by atomic mass is 16.6. The molecule has 0 saturated carbocycles. The minimum absolute atomic E-state index is 0.234. The van der Waals surface area contributed by atoms with Crippen molar-refractivity contribution in [3.63, 3.8) is 0 Å². The van der Waals surface area contributed by atoms with E-state index in [0.717, 1.165) is 16.5 Å². The number of carbonyl (C=O) groups is 1. The van der Waals surface area contributed by atoms with Gasteiger partial charge in [-0.3, -0.25) is 0 Å². The Hall–Kier alpha value is -3.54. The van der Waals surface area contributed by atoms with Gasteiger partial charge in [0.2, 0.25) is 5.89 Å². The standard InChI is InChI=1S/C20H15N3O3/c1-13(18-22-23-19(26-18)15-8-3-2-4-9-15)25-20(24)17-12-11-14-7-5-6-10-16(14)21-17/h2-13H,1H3/t13-/m1/s1. The van der Waals surface area contributed by atoms with Gasteiger partial charge in [0, 0.05) is 10.9 Å². The van der Waals surface area contributed by atoms with Gasteiger partial charge in [-0.05, 0) is 31.2 Å². The van der Waals surface area contributed by atoms with E-state index in [1.807, 2.05) is 60.7 Å². The number of aromatic nitrogens is 3. The summed E-state index contributed by atoms with van der Waals surface area (Å²) in [5.41, 5.74) is 1.78. The Labute approximate surface area is 149 Å². The highest BCUT2D eigenvalue weighted by molar-refractivity contribution is 5.91. The van der Waals surface area contributed by atoms with E-state index in [2.05, 4.69) is 15.2 Å². The summed E-state index contributed by atoms with van der Waals surface area (Å²) in [6.07, 6.45) is -0.680. The molecular weight excluding hydrogens is 330 g/mol. The van der Waals surface area contributed by atoms with Gasteiger partial charge in [-0.1, -0.05) is 42.5 Å². The predicted molar refractivity (Wildman–Crippen MR) is 95.3 cm³/mol. The molecule has 2 aromatic heterocycles. The maximum Gasteiger partial charge on any atom is 0.357 e. The molecule has 0 unspecified atom stereocenters. The van der Waals surface area contributed by atoms with Gasteiger partial charge in [0.05, 0.1) is 5.52 Å². The average Bonchev–Trinajstić information content (AvgIpc) is 3.18. The molecule has 2 heterocycles. The average molecular weight is 345 g/mol. The topological polar surface area (TPSA) is 78.1 Å². The number of para-hydroxylation sites is 1. The van der Waals surface area contributed by atoms with E-state index in [1.165, 1.54) is 0 Å². The van der Waals surface area contributed by atoms with Crippen molar-refractivity contribution < 1.29 is 13.9 Å². The van der Waals surface area contributed by atoms with Gasteiger partial charge in [0.15, 0.2) is 6.10 Å². The number of hydrogen-bond donors (Lipinski definition) is 0. The first-order valence-corrected chi connectivity index (χ1v) is 8.16. The summed E-state index contributed by atoms with van der Waals surface area (Å²) in [7, 11) is 0. The summed E-state index contributed by atoms with van der Waals surface area (Å²) in [4.78, 5) is 16.7. The van der Waals surface area contributed by atoms with Crippen LogP contribution < -0.4 is 0 Å². The van der Waals surface area contributed by atoms with Crippen LogP contribution in [0.5, 0.6) is 0 Å². The van der Waals surface area contributed by atoms with Gasteiger partial charge < -0.3 is 9.15 Å². The van der Waals surface area contributed by atoms with Crippen molar-refractivity contribution >= 4 is 16.9 Å². The van der Waals surface area contributed by atoms with Gasteiger partial charge >= 0.3 is 5.97 Å². The molecule has 0 aliphatic carbocycles. The molecule has 4 rings (SSSR count). The molecule has 0 spiro atoms. The Bertz CT molecular complexity index is 1060. The summed E-state index contributed by atoms with van der Waals surface area (Å²) in [6, 6.07) is 20.5. The third kappa shape index (κ3) is 3.17. The molecule has 4 aromatic rings. The molecule has 1 atom stereocenters. The lowest BCUT2D eigenvalue weighted by molar-refractivity contribution is 0.0273. The van der Waals surface area contributed by atoms with Gasteiger partial charge in [-0.25, -0.2) is 9.78 Å². The molecule has 26 heavy (non-hydrogen) atoms.